The molecule has 0 aromatic carbocycles. The average Bonchev–Trinajstić information content (AvgIpc) is 2.17. The Bertz CT molecular complexity index is 144. The first-order valence-corrected chi connectivity index (χ1v) is 7.28. The molecule has 0 aromatic heterocycles. The van der Waals surface area contributed by atoms with Gasteiger partial charge in [0, 0.05) is 24.2 Å². The zero-order valence-corrected chi connectivity index (χ0v) is 16.2. The molecule has 0 aliphatic heterocycles. The molecule has 3 heteroatoms. The van der Waals surface area contributed by atoms with Crippen molar-refractivity contribution < 1.29 is 0 Å². The summed E-state index contributed by atoms with van der Waals surface area (Å²) >= 11 is 0. The Kier molecular flexibility index (Phi) is 17.7. The van der Waals surface area contributed by atoms with Gasteiger partial charge in [-0.05, 0) is 55.4 Å². The van der Waals surface area contributed by atoms with E-state index in [0.717, 1.165) is 13.1 Å². The first kappa shape index (κ1) is 24.7. The number of hydrogen-bond acceptors (Lipinski definition) is 2. The fourth-order valence-electron chi connectivity index (χ4n) is 2.23. The molecule has 0 saturated heterocycles. The molecule has 0 heterocycles. The summed E-state index contributed by atoms with van der Waals surface area (Å²) in [5, 5.41) is 0. The third kappa shape index (κ3) is 12.2. The maximum absolute atomic E-state index is 3.85. The summed E-state index contributed by atoms with van der Waals surface area (Å²) in [4.78, 5) is 4.69. The van der Waals surface area contributed by atoms with Crippen LogP contribution in [0.5, 0.6) is 0 Å². The Morgan fingerprint density at radius 3 is 0.737 bits per heavy atom. The van der Waals surface area contributed by atoms with Crippen LogP contribution in [0, 0.1) is 13.8 Å². The van der Waals surface area contributed by atoms with Crippen molar-refractivity contribution in [3.05, 3.63) is 13.8 Å². The van der Waals surface area contributed by atoms with Crippen molar-refractivity contribution in [2.24, 2.45) is 0 Å². The molecule has 0 aliphatic carbocycles. The second kappa shape index (κ2) is 13.7. The van der Waals surface area contributed by atoms with Crippen LogP contribution in [0.25, 0.3) is 0 Å². The SMILES string of the molecule is [CH2-]CN(C(C)C)C(C)C.[CH2-]CN(C(C)C)C(C)C.[Mg+2]. The molecule has 0 bridgehead atoms. The van der Waals surface area contributed by atoms with E-state index in [1.54, 1.807) is 0 Å². The zero-order chi connectivity index (χ0) is 14.9. The van der Waals surface area contributed by atoms with E-state index in [1.807, 2.05) is 0 Å². The predicted molar refractivity (Wildman–Crippen MR) is 90.4 cm³/mol. The summed E-state index contributed by atoms with van der Waals surface area (Å²) in [6.07, 6.45) is 0. The van der Waals surface area contributed by atoms with Crippen LogP contribution in [-0.2, 0) is 0 Å². The smallest absolute Gasteiger partial charge is 0.330 e. The minimum Gasteiger partial charge on any atom is -0.330 e. The molecular weight excluding hydrogens is 244 g/mol. The van der Waals surface area contributed by atoms with Gasteiger partial charge in [0.1, 0.15) is 0 Å². The van der Waals surface area contributed by atoms with Crippen LogP contribution in [0.4, 0.5) is 0 Å². The van der Waals surface area contributed by atoms with Crippen LogP contribution in [-0.4, -0.2) is 70.1 Å². The average molecular weight is 281 g/mol. The standard InChI is InChI=1S/2C8H18N.Mg/c2*1-6-9(7(2)3)8(4)5;/h2*7-8H,1,6H2,2-5H3;/q2*-1;+2. The molecule has 0 rings (SSSR count). The van der Waals surface area contributed by atoms with Gasteiger partial charge in [-0.25, -0.2) is 0 Å². The molecule has 19 heavy (non-hydrogen) atoms. The Morgan fingerprint density at radius 2 is 0.737 bits per heavy atom. The van der Waals surface area contributed by atoms with Gasteiger partial charge in [-0.1, -0.05) is 0 Å². The second-order valence-electron chi connectivity index (χ2n) is 5.85. The first-order valence-electron chi connectivity index (χ1n) is 7.28. The van der Waals surface area contributed by atoms with Gasteiger partial charge in [-0.3, -0.25) is 0 Å². The Labute approximate surface area is 139 Å². The Morgan fingerprint density at radius 1 is 0.579 bits per heavy atom. The maximum atomic E-state index is 3.85. The van der Waals surface area contributed by atoms with E-state index >= 15 is 0 Å². The molecule has 0 unspecified atom stereocenters. The molecule has 0 saturated carbocycles. The van der Waals surface area contributed by atoms with E-state index in [4.69, 9.17) is 0 Å². The molecule has 0 radical (unpaired) electrons. The number of rotatable bonds is 6. The molecular formula is C16H36MgN2. The van der Waals surface area contributed by atoms with E-state index in [0.29, 0.717) is 24.2 Å². The molecule has 0 N–H and O–H groups in total. The van der Waals surface area contributed by atoms with Gasteiger partial charge in [0.15, 0.2) is 0 Å². The topological polar surface area (TPSA) is 6.48 Å². The maximum Gasteiger partial charge on any atom is 2.00 e. The predicted octanol–water partition coefficient (Wildman–Crippen LogP) is 3.50. The van der Waals surface area contributed by atoms with Crippen LogP contribution in [0.1, 0.15) is 55.4 Å². The van der Waals surface area contributed by atoms with E-state index in [1.165, 1.54) is 0 Å². The van der Waals surface area contributed by atoms with Gasteiger partial charge >= 0.3 is 23.1 Å². The molecule has 0 aromatic rings. The van der Waals surface area contributed by atoms with Crippen LogP contribution < -0.4 is 0 Å². The summed E-state index contributed by atoms with van der Waals surface area (Å²) < 4.78 is 0. The number of nitrogens with zero attached hydrogens (tertiary/aromatic N) is 2. The van der Waals surface area contributed by atoms with Crippen LogP contribution >= 0.6 is 0 Å². The van der Waals surface area contributed by atoms with Gasteiger partial charge in [0.25, 0.3) is 0 Å². The summed E-state index contributed by atoms with van der Waals surface area (Å²) in [5.74, 6) is 0. The summed E-state index contributed by atoms with van der Waals surface area (Å²) in [6, 6.07) is 2.51. The normalized spacial score (nSPS) is 11.4. The van der Waals surface area contributed by atoms with Crippen molar-refractivity contribution in [3.63, 3.8) is 0 Å². The Balaban J connectivity index is -0.000000256. The third-order valence-electron chi connectivity index (χ3n) is 3.17. The quantitative estimate of drug-likeness (QED) is 0.543. The fraction of sp³-hybridized carbons (Fsp3) is 0.875. The van der Waals surface area contributed by atoms with Gasteiger partial charge in [-0.2, -0.15) is 0 Å². The van der Waals surface area contributed by atoms with E-state index in [9.17, 15) is 0 Å². The van der Waals surface area contributed by atoms with Gasteiger partial charge in [-0.15, -0.1) is 13.1 Å². The molecule has 0 atom stereocenters. The van der Waals surface area contributed by atoms with Crippen molar-refractivity contribution in [1.82, 2.24) is 9.80 Å². The zero-order valence-electron chi connectivity index (χ0n) is 14.7. The van der Waals surface area contributed by atoms with Crippen molar-refractivity contribution in [2.75, 3.05) is 13.1 Å². The van der Waals surface area contributed by atoms with Crippen LogP contribution in [0.15, 0.2) is 0 Å². The van der Waals surface area contributed by atoms with Crippen molar-refractivity contribution in [3.8, 4) is 0 Å². The summed E-state index contributed by atoms with van der Waals surface area (Å²) in [5.41, 5.74) is 0. The molecule has 0 fully saturated rings. The summed E-state index contributed by atoms with van der Waals surface area (Å²) in [7, 11) is 0. The largest absolute Gasteiger partial charge is 2.00 e. The third-order valence-corrected chi connectivity index (χ3v) is 3.17. The number of hydrogen-bond donors (Lipinski definition) is 0. The van der Waals surface area contributed by atoms with E-state index < -0.39 is 0 Å². The Hall–Kier alpha value is 0.686. The molecule has 2 nitrogen and oxygen atoms in total. The van der Waals surface area contributed by atoms with Crippen molar-refractivity contribution >= 4 is 23.1 Å². The van der Waals surface area contributed by atoms with Crippen LogP contribution in [0.2, 0.25) is 0 Å². The molecule has 0 aliphatic rings. The molecule has 112 valence electrons. The second-order valence-corrected chi connectivity index (χ2v) is 5.85. The van der Waals surface area contributed by atoms with Gasteiger partial charge < -0.3 is 23.6 Å². The first-order chi connectivity index (χ1) is 8.18. The van der Waals surface area contributed by atoms with E-state index in [-0.39, 0.29) is 23.1 Å². The summed E-state index contributed by atoms with van der Waals surface area (Å²) in [6.45, 7) is 27.1. The van der Waals surface area contributed by atoms with Crippen molar-refractivity contribution in [2.45, 2.75) is 79.6 Å². The van der Waals surface area contributed by atoms with Gasteiger partial charge in [0.05, 0.1) is 0 Å². The van der Waals surface area contributed by atoms with Gasteiger partial charge in [0.2, 0.25) is 0 Å². The minimum absolute atomic E-state index is 0. The molecule has 0 amide bonds. The van der Waals surface area contributed by atoms with Crippen molar-refractivity contribution in [1.29, 1.82) is 0 Å². The molecule has 0 spiro atoms. The fourth-order valence-corrected chi connectivity index (χ4v) is 2.23. The monoisotopic (exact) mass is 280 g/mol. The minimum atomic E-state index is 0. The van der Waals surface area contributed by atoms with Crippen LogP contribution in [0.3, 0.4) is 0 Å². The van der Waals surface area contributed by atoms with E-state index in [2.05, 4.69) is 79.0 Å².